The van der Waals surface area contributed by atoms with E-state index in [0.717, 1.165) is 43.1 Å². The SMILES string of the molecule is CCCOC1CN(c2ccc(Nc3cc(C(=O)OCC)ccc3C3(C)OCCO3)cc2)C1. The summed E-state index contributed by atoms with van der Waals surface area (Å²) >= 11 is 0. The van der Waals surface area contributed by atoms with E-state index in [0.29, 0.717) is 31.5 Å². The van der Waals surface area contributed by atoms with E-state index in [4.69, 9.17) is 18.9 Å². The smallest absolute Gasteiger partial charge is 0.338 e. The first-order valence-corrected chi connectivity index (χ1v) is 11.4. The van der Waals surface area contributed by atoms with Crippen molar-refractivity contribution in [3.8, 4) is 0 Å². The van der Waals surface area contributed by atoms with Crippen LogP contribution in [0, 0.1) is 0 Å². The minimum absolute atomic E-state index is 0.327. The Kier molecular flexibility index (Phi) is 6.98. The zero-order valence-electron chi connectivity index (χ0n) is 19.1. The molecule has 2 aliphatic heterocycles. The molecule has 0 bridgehead atoms. The van der Waals surface area contributed by atoms with Gasteiger partial charge in [-0.25, -0.2) is 4.79 Å². The molecule has 2 aromatic rings. The lowest BCUT2D eigenvalue weighted by atomic mass is 10.0. The maximum Gasteiger partial charge on any atom is 0.338 e. The summed E-state index contributed by atoms with van der Waals surface area (Å²) in [6, 6.07) is 13.7. The number of carbonyl (C=O) groups excluding carboxylic acids is 1. The van der Waals surface area contributed by atoms with Gasteiger partial charge in [0.15, 0.2) is 5.79 Å². The number of benzene rings is 2. The summed E-state index contributed by atoms with van der Waals surface area (Å²) in [5.74, 6) is -1.21. The minimum Gasteiger partial charge on any atom is -0.462 e. The molecule has 2 fully saturated rings. The lowest BCUT2D eigenvalue weighted by Crippen LogP contribution is -2.52. The Labute approximate surface area is 189 Å². The summed E-state index contributed by atoms with van der Waals surface area (Å²) in [4.78, 5) is 14.6. The van der Waals surface area contributed by atoms with Gasteiger partial charge in [-0.05, 0) is 56.7 Å². The van der Waals surface area contributed by atoms with Crippen molar-refractivity contribution < 1.29 is 23.7 Å². The average Bonchev–Trinajstić information content (AvgIpc) is 3.21. The molecule has 2 saturated heterocycles. The number of carbonyl (C=O) groups is 1. The van der Waals surface area contributed by atoms with Crippen LogP contribution in [0.4, 0.5) is 17.1 Å². The van der Waals surface area contributed by atoms with Crippen LogP contribution in [-0.4, -0.2) is 51.6 Å². The summed E-state index contributed by atoms with van der Waals surface area (Å²) < 4.78 is 22.7. The van der Waals surface area contributed by atoms with E-state index in [1.54, 1.807) is 19.1 Å². The van der Waals surface area contributed by atoms with Crippen molar-refractivity contribution in [2.24, 2.45) is 0 Å². The van der Waals surface area contributed by atoms with Gasteiger partial charge in [-0.1, -0.05) is 13.0 Å². The van der Waals surface area contributed by atoms with Crippen molar-refractivity contribution in [2.75, 3.05) is 49.7 Å². The number of ether oxygens (including phenoxy) is 4. The van der Waals surface area contributed by atoms with Crippen molar-refractivity contribution in [1.29, 1.82) is 0 Å². The first-order chi connectivity index (χ1) is 15.5. The van der Waals surface area contributed by atoms with Crippen LogP contribution in [0.5, 0.6) is 0 Å². The first-order valence-electron chi connectivity index (χ1n) is 11.4. The molecule has 2 aliphatic rings. The fourth-order valence-electron chi connectivity index (χ4n) is 4.01. The maximum atomic E-state index is 12.3. The Balaban J connectivity index is 1.51. The number of anilines is 3. The maximum absolute atomic E-state index is 12.3. The minimum atomic E-state index is -0.861. The van der Waals surface area contributed by atoms with Crippen LogP contribution in [-0.2, 0) is 24.7 Å². The Morgan fingerprint density at radius 1 is 1.12 bits per heavy atom. The Bertz CT molecular complexity index is 918. The van der Waals surface area contributed by atoms with E-state index >= 15 is 0 Å². The van der Waals surface area contributed by atoms with Crippen molar-refractivity contribution in [3.63, 3.8) is 0 Å². The van der Waals surface area contributed by atoms with Gasteiger partial charge in [-0.15, -0.1) is 0 Å². The fraction of sp³-hybridized carbons (Fsp3) is 0.480. The normalized spacial score (nSPS) is 17.8. The second kappa shape index (κ2) is 9.90. The Hall–Kier alpha value is -2.61. The third kappa shape index (κ3) is 4.90. The lowest BCUT2D eigenvalue weighted by molar-refractivity contribution is -0.149. The van der Waals surface area contributed by atoms with E-state index in [1.165, 1.54) is 5.69 Å². The van der Waals surface area contributed by atoms with E-state index in [-0.39, 0.29) is 5.97 Å². The van der Waals surface area contributed by atoms with E-state index in [1.807, 2.05) is 25.1 Å². The highest BCUT2D eigenvalue weighted by Crippen LogP contribution is 2.38. The molecule has 0 aliphatic carbocycles. The van der Waals surface area contributed by atoms with Gasteiger partial charge < -0.3 is 29.2 Å². The summed E-state index contributed by atoms with van der Waals surface area (Å²) in [5.41, 5.74) is 4.16. The second-order valence-corrected chi connectivity index (χ2v) is 8.19. The number of hydrogen-bond donors (Lipinski definition) is 1. The molecule has 172 valence electrons. The van der Waals surface area contributed by atoms with Gasteiger partial charge in [-0.3, -0.25) is 0 Å². The first kappa shape index (κ1) is 22.6. The fourth-order valence-corrected chi connectivity index (χ4v) is 4.01. The van der Waals surface area contributed by atoms with Crippen molar-refractivity contribution in [2.45, 2.75) is 39.1 Å². The molecule has 7 nitrogen and oxygen atoms in total. The summed E-state index contributed by atoms with van der Waals surface area (Å²) in [6.07, 6.45) is 1.37. The summed E-state index contributed by atoms with van der Waals surface area (Å²) in [7, 11) is 0. The number of rotatable bonds is 9. The quantitative estimate of drug-likeness (QED) is 0.578. The zero-order chi connectivity index (χ0) is 22.6. The third-order valence-electron chi connectivity index (χ3n) is 5.78. The van der Waals surface area contributed by atoms with Gasteiger partial charge in [0.05, 0.1) is 31.5 Å². The largest absolute Gasteiger partial charge is 0.462 e. The highest BCUT2D eigenvalue weighted by atomic mass is 16.7. The predicted octanol–water partition coefficient (Wildman–Crippen LogP) is 4.44. The molecular weight excluding hydrogens is 408 g/mol. The molecule has 7 heteroatoms. The molecule has 0 amide bonds. The number of nitrogens with one attached hydrogen (secondary N) is 1. The molecule has 4 rings (SSSR count). The van der Waals surface area contributed by atoms with Crippen LogP contribution in [0.1, 0.15) is 43.1 Å². The van der Waals surface area contributed by atoms with E-state index in [9.17, 15) is 4.79 Å². The standard InChI is InChI=1S/C25H32N2O5/c1-4-12-30-21-16-27(17-21)20-9-7-19(8-10-20)26-23-15-18(24(28)29-5-2)6-11-22(23)25(3)31-13-14-32-25/h6-11,15,21,26H,4-5,12-14,16-17H2,1-3H3. The zero-order valence-corrected chi connectivity index (χ0v) is 19.1. The molecule has 32 heavy (non-hydrogen) atoms. The summed E-state index contributed by atoms with van der Waals surface area (Å²) in [6.45, 7) is 9.88. The Morgan fingerprint density at radius 2 is 1.84 bits per heavy atom. The molecule has 0 saturated carbocycles. The second-order valence-electron chi connectivity index (χ2n) is 8.19. The number of nitrogens with zero attached hydrogens (tertiary/aromatic N) is 1. The van der Waals surface area contributed by atoms with Crippen LogP contribution in [0.2, 0.25) is 0 Å². The van der Waals surface area contributed by atoms with Crippen LogP contribution in [0.25, 0.3) is 0 Å². The van der Waals surface area contributed by atoms with Crippen LogP contribution in [0.15, 0.2) is 42.5 Å². The molecule has 0 spiro atoms. The van der Waals surface area contributed by atoms with Gasteiger partial charge in [0.1, 0.15) is 0 Å². The highest BCUT2D eigenvalue weighted by molar-refractivity contribution is 5.91. The topological polar surface area (TPSA) is 69.3 Å². The molecule has 0 atom stereocenters. The van der Waals surface area contributed by atoms with Gasteiger partial charge in [0.25, 0.3) is 0 Å². The third-order valence-corrected chi connectivity index (χ3v) is 5.78. The van der Waals surface area contributed by atoms with Crippen molar-refractivity contribution in [3.05, 3.63) is 53.6 Å². The van der Waals surface area contributed by atoms with E-state index < -0.39 is 5.79 Å². The molecule has 2 heterocycles. The van der Waals surface area contributed by atoms with Crippen molar-refractivity contribution >= 4 is 23.0 Å². The van der Waals surface area contributed by atoms with Gasteiger partial charge in [0, 0.05) is 42.3 Å². The average molecular weight is 441 g/mol. The number of hydrogen-bond acceptors (Lipinski definition) is 7. The molecule has 1 N–H and O–H groups in total. The lowest BCUT2D eigenvalue weighted by Gasteiger charge is -2.40. The number of esters is 1. The van der Waals surface area contributed by atoms with Gasteiger partial charge in [0.2, 0.25) is 0 Å². The highest BCUT2D eigenvalue weighted by Gasteiger charge is 2.36. The molecule has 0 radical (unpaired) electrons. The van der Waals surface area contributed by atoms with Crippen LogP contribution < -0.4 is 10.2 Å². The molecule has 0 unspecified atom stereocenters. The van der Waals surface area contributed by atoms with Crippen LogP contribution >= 0.6 is 0 Å². The van der Waals surface area contributed by atoms with Gasteiger partial charge >= 0.3 is 5.97 Å². The monoisotopic (exact) mass is 440 g/mol. The van der Waals surface area contributed by atoms with Crippen LogP contribution in [0.3, 0.4) is 0 Å². The van der Waals surface area contributed by atoms with E-state index in [2.05, 4.69) is 29.3 Å². The molecular formula is C25H32N2O5. The summed E-state index contributed by atoms with van der Waals surface area (Å²) in [5, 5.41) is 3.44. The Morgan fingerprint density at radius 3 is 2.50 bits per heavy atom. The predicted molar refractivity (Wildman–Crippen MR) is 124 cm³/mol. The molecule has 0 aromatic heterocycles. The van der Waals surface area contributed by atoms with Crippen molar-refractivity contribution in [1.82, 2.24) is 0 Å². The van der Waals surface area contributed by atoms with Gasteiger partial charge in [-0.2, -0.15) is 0 Å². The molecule has 2 aromatic carbocycles.